The second kappa shape index (κ2) is 13.8. The molecule has 0 saturated carbocycles. The van der Waals surface area contributed by atoms with Crippen LogP contribution in [0.2, 0.25) is 0 Å². The van der Waals surface area contributed by atoms with Crippen LogP contribution in [0.15, 0.2) is 221 Å². The van der Waals surface area contributed by atoms with Gasteiger partial charge in [0.2, 0.25) is 0 Å². The Morgan fingerprint density at radius 2 is 1.13 bits per heavy atom. The van der Waals surface area contributed by atoms with Crippen LogP contribution in [0.1, 0.15) is 22.9 Å². The van der Waals surface area contributed by atoms with Crippen LogP contribution in [0.25, 0.3) is 82.5 Å². The van der Waals surface area contributed by atoms with Gasteiger partial charge in [-0.3, -0.25) is 0 Å². The summed E-state index contributed by atoms with van der Waals surface area (Å²) < 4.78 is 9.13. The molecule has 12 rings (SSSR count). The number of rotatable bonds is 6. The Morgan fingerprint density at radius 3 is 2.00 bits per heavy atom. The van der Waals surface area contributed by atoms with E-state index in [0.717, 1.165) is 83.4 Å². The molecule has 1 aliphatic heterocycles. The third-order valence-electron chi connectivity index (χ3n) is 11.8. The molecule has 3 heterocycles. The van der Waals surface area contributed by atoms with Crippen molar-refractivity contribution in [3.8, 4) is 27.9 Å². The fourth-order valence-corrected chi connectivity index (χ4v) is 8.98. The number of furan rings is 1. The molecule has 60 heavy (non-hydrogen) atoms. The van der Waals surface area contributed by atoms with Crippen molar-refractivity contribution in [2.24, 2.45) is 9.98 Å². The van der Waals surface area contributed by atoms with E-state index in [1.807, 2.05) is 24.3 Å². The van der Waals surface area contributed by atoms with Gasteiger partial charge >= 0.3 is 0 Å². The molecule has 1 N–H and O–H groups in total. The first-order valence-corrected chi connectivity index (χ1v) is 20.3. The maximum absolute atomic E-state index is 6.74. The molecule has 5 nitrogen and oxygen atoms in total. The number of nitrogens with one attached hydrogen (secondary N) is 1. The molecule has 0 aliphatic carbocycles. The van der Waals surface area contributed by atoms with Gasteiger partial charge in [0.15, 0.2) is 5.84 Å². The van der Waals surface area contributed by atoms with Crippen molar-refractivity contribution < 1.29 is 4.42 Å². The lowest BCUT2D eigenvalue weighted by Gasteiger charge is -2.25. The van der Waals surface area contributed by atoms with Crippen LogP contribution in [0.5, 0.6) is 0 Å². The number of para-hydroxylation sites is 3. The zero-order valence-electron chi connectivity index (χ0n) is 32.5. The fourth-order valence-electron chi connectivity index (χ4n) is 8.98. The van der Waals surface area contributed by atoms with Crippen LogP contribution in [-0.4, -0.2) is 16.2 Å². The molecule has 0 saturated heterocycles. The van der Waals surface area contributed by atoms with Crippen LogP contribution in [-0.2, 0) is 0 Å². The summed E-state index contributed by atoms with van der Waals surface area (Å²) in [6, 6.07) is 72.8. The lowest BCUT2D eigenvalue weighted by atomic mass is 9.95. The maximum atomic E-state index is 6.74. The van der Waals surface area contributed by atoms with Crippen molar-refractivity contribution in [2.75, 3.05) is 0 Å². The number of aliphatic imine (C=N–C) groups is 2. The summed E-state index contributed by atoms with van der Waals surface area (Å²) in [4.78, 5) is 10.8. The molecule has 2 aromatic heterocycles. The van der Waals surface area contributed by atoms with Crippen LogP contribution >= 0.6 is 0 Å². The quantitative estimate of drug-likeness (QED) is 0.183. The van der Waals surface area contributed by atoms with E-state index in [9.17, 15) is 0 Å². The zero-order chi connectivity index (χ0) is 39.6. The summed E-state index contributed by atoms with van der Waals surface area (Å²) in [7, 11) is 0. The number of hydrogen-bond donors (Lipinski definition) is 1. The van der Waals surface area contributed by atoms with Crippen LogP contribution in [0, 0.1) is 0 Å². The molecular weight excluding hydrogens is 733 g/mol. The van der Waals surface area contributed by atoms with E-state index < -0.39 is 0 Å². The highest BCUT2D eigenvalue weighted by Crippen LogP contribution is 2.41. The molecule has 0 radical (unpaired) electrons. The predicted octanol–water partition coefficient (Wildman–Crippen LogP) is 13.7. The minimum absolute atomic E-state index is 0.366. The largest absolute Gasteiger partial charge is 0.455 e. The first-order valence-electron chi connectivity index (χ1n) is 20.3. The normalized spacial score (nSPS) is 14.2. The van der Waals surface area contributed by atoms with Gasteiger partial charge < -0.3 is 14.3 Å². The molecule has 1 atom stereocenters. The molecule has 1 aliphatic rings. The monoisotopic (exact) mass is 768 g/mol. The minimum atomic E-state index is -0.366. The first kappa shape index (κ1) is 34.1. The molecule has 1 unspecified atom stereocenters. The molecule has 9 aromatic carbocycles. The van der Waals surface area contributed by atoms with Gasteiger partial charge in [0, 0.05) is 43.9 Å². The molecular formula is C55H36N4O. The van der Waals surface area contributed by atoms with E-state index in [2.05, 4.69) is 192 Å². The summed E-state index contributed by atoms with van der Waals surface area (Å²) in [5.74, 6) is 1.41. The average molecular weight is 769 g/mol. The second-order valence-electron chi connectivity index (χ2n) is 15.4. The Bertz CT molecular complexity index is 3520. The highest BCUT2D eigenvalue weighted by molar-refractivity contribution is 6.18. The van der Waals surface area contributed by atoms with Crippen molar-refractivity contribution in [2.45, 2.75) is 6.17 Å². The third-order valence-corrected chi connectivity index (χ3v) is 11.8. The smallest absolute Gasteiger partial charge is 0.160 e. The second-order valence-corrected chi connectivity index (χ2v) is 15.4. The topological polar surface area (TPSA) is 54.8 Å². The van der Waals surface area contributed by atoms with E-state index >= 15 is 0 Å². The average Bonchev–Trinajstić information content (AvgIpc) is 3.86. The molecule has 282 valence electrons. The molecule has 0 bridgehead atoms. The van der Waals surface area contributed by atoms with E-state index in [0.29, 0.717) is 5.84 Å². The minimum Gasteiger partial charge on any atom is -0.455 e. The summed E-state index contributed by atoms with van der Waals surface area (Å²) in [5.41, 5.74) is 12.2. The van der Waals surface area contributed by atoms with Crippen LogP contribution < -0.4 is 5.32 Å². The Labute approximate surface area is 346 Å². The summed E-state index contributed by atoms with van der Waals surface area (Å²) in [6.07, 6.45) is -0.366. The van der Waals surface area contributed by atoms with Crippen molar-refractivity contribution in [3.63, 3.8) is 0 Å². The van der Waals surface area contributed by atoms with Gasteiger partial charge in [-0.15, -0.1) is 0 Å². The van der Waals surface area contributed by atoms with E-state index in [1.165, 1.54) is 21.5 Å². The van der Waals surface area contributed by atoms with Gasteiger partial charge in [-0.25, -0.2) is 9.98 Å². The molecule has 11 aromatic rings. The zero-order valence-corrected chi connectivity index (χ0v) is 32.5. The highest BCUT2D eigenvalue weighted by Gasteiger charge is 2.25. The lowest BCUT2D eigenvalue weighted by Crippen LogP contribution is -2.33. The summed E-state index contributed by atoms with van der Waals surface area (Å²) in [6.45, 7) is 0. The summed E-state index contributed by atoms with van der Waals surface area (Å²) in [5, 5.41) is 10.7. The van der Waals surface area contributed by atoms with E-state index in [-0.39, 0.29) is 6.17 Å². The van der Waals surface area contributed by atoms with Crippen molar-refractivity contribution >= 4 is 66.2 Å². The van der Waals surface area contributed by atoms with Crippen LogP contribution in [0.4, 0.5) is 0 Å². The van der Waals surface area contributed by atoms with Gasteiger partial charge in [0.25, 0.3) is 0 Å². The van der Waals surface area contributed by atoms with E-state index in [1.54, 1.807) is 0 Å². The molecule has 0 spiro atoms. The number of benzene rings is 9. The molecule has 0 amide bonds. The number of aromatic nitrogens is 1. The summed E-state index contributed by atoms with van der Waals surface area (Å²) >= 11 is 0. The van der Waals surface area contributed by atoms with Gasteiger partial charge in [0.1, 0.15) is 23.2 Å². The van der Waals surface area contributed by atoms with Gasteiger partial charge in [-0.05, 0) is 81.6 Å². The highest BCUT2D eigenvalue weighted by atomic mass is 16.3. The Hall–Kier alpha value is -8.02. The van der Waals surface area contributed by atoms with Gasteiger partial charge in [0.05, 0.1) is 11.0 Å². The Morgan fingerprint density at radius 1 is 0.450 bits per heavy atom. The standard InChI is InChI=1S/C55H36N4O/c1-3-15-35(16-4-1)37-21-13-22-40(31-37)54-56-53(36-17-5-2-6-18-36)57-55(58-54)46-30-29-41(34-47(46)45-26-14-25-44-43-24-10-12-28-51(43)60-52(44)45)59-49-27-11-9-23-42(49)48-32-38-19-7-8-20-39(38)33-50(48)59/h1-34,53H,(H,56,57,58). The van der Waals surface area contributed by atoms with Gasteiger partial charge in [-0.1, -0.05) is 158 Å². The van der Waals surface area contributed by atoms with Crippen molar-refractivity contribution in [3.05, 3.63) is 223 Å². The lowest BCUT2D eigenvalue weighted by molar-refractivity contribution is 0.670. The van der Waals surface area contributed by atoms with E-state index in [4.69, 9.17) is 14.4 Å². The first-order chi connectivity index (χ1) is 29.7. The third kappa shape index (κ3) is 5.63. The van der Waals surface area contributed by atoms with Crippen molar-refractivity contribution in [1.29, 1.82) is 0 Å². The molecule has 5 heteroatoms. The SMILES string of the molecule is c1ccc(-c2cccc(C3=NC(c4ccc(-n5c6ccccc6c6cc7ccccc7cc65)cc4-c4cccc5c4oc4ccccc45)=NC(c4ccccc4)N3)c2)cc1. The number of fused-ring (bicyclic) bond motifs is 7. The van der Waals surface area contributed by atoms with Crippen LogP contribution in [0.3, 0.4) is 0 Å². The maximum Gasteiger partial charge on any atom is 0.160 e. The van der Waals surface area contributed by atoms with Crippen molar-refractivity contribution in [1.82, 2.24) is 9.88 Å². The predicted molar refractivity (Wildman–Crippen MR) is 248 cm³/mol. The van der Waals surface area contributed by atoms with Gasteiger partial charge in [-0.2, -0.15) is 0 Å². The Balaban J connectivity index is 1.12. The number of nitrogens with zero attached hydrogens (tertiary/aromatic N) is 3. The fraction of sp³-hybridized carbons (Fsp3) is 0.0182. The number of amidine groups is 2. The number of hydrogen-bond acceptors (Lipinski definition) is 4. The molecule has 0 fully saturated rings. The Kier molecular flexibility index (Phi) is 7.85.